The van der Waals surface area contributed by atoms with Crippen molar-refractivity contribution < 1.29 is 4.79 Å². The fourth-order valence-electron chi connectivity index (χ4n) is 2.69. The molecular weight excluding hydrogens is 222 g/mol. The minimum absolute atomic E-state index is 0.451. The van der Waals surface area contributed by atoms with Crippen molar-refractivity contribution in [3.05, 3.63) is 35.4 Å². The molecular formula is C16H23NO. The van der Waals surface area contributed by atoms with E-state index in [1.165, 1.54) is 11.1 Å². The highest BCUT2D eigenvalue weighted by Gasteiger charge is 2.19. The van der Waals surface area contributed by atoms with E-state index in [4.69, 9.17) is 0 Å². The zero-order valence-electron chi connectivity index (χ0n) is 11.5. The van der Waals surface area contributed by atoms with Crippen LogP contribution in [0.25, 0.3) is 0 Å². The summed E-state index contributed by atoms with van der Waals surface area (Å²) < 4.78 is 0. The van der Waals surface area contributed by atoms with Crippen LogP contribution >= 0.6 is 0 Å². The second kappa shape index (κ2) is 6.14. The van der Waals surface area contributed by atoms with E-state index in [1.807, 2.05) is 0 Å². The van der Waals surface area contributed by atoms with Crippen molar-refractivity contribution in [1.82, 2.24) is 4.90 Å². The second-order valence-corrected chi connectivity index (χ2v) is 5.66. The van der Waals surface area contributed by atoms with Gasteiger partial charge in [-0.25, -0.2) is 0 Å². The Labute approximate surface area is 110 Å². The third-order valence-corrected chi connectivity index (χ3v) is 3.81. The van der Waals surface area contributed by atoms with Crippen molar-refractivity contribution >= 4 is 5.78 Å². The number of hydrogen-bond acceptors (Lipinski definition) is 2. The van der Waals surface area contributed by atoms with Crippen molar-refractivity contribution in [2.75, 3.05) is 13.6 Å². The Hall–Kier alpha value is -1.15. The largest absolute Gasteiger partial charge is 0.302 e. The summed E-state index contributed by atoms with van der Waals surface area (Å²) in [6, 6.07) is 8.75. The lowest BCUT2D eigenvalue weighted by Gasteiger charge is -2.26. The van der Waals surface area contributed by atoms with Crippen LogP contribution in [-0.4, -0.2) is 24.3 Å². The first-order chi connectivity index (χ1) is 8.63. The van der Waals surface area contributed by atoms with E-state index < -0.39 is 0 Å². The molecule has 0 saturated heterocycles. The van der Waals surface area contributed by atoms with Crippen LogP contribution in [0.1, 0.15) is 36.8 Å². The lowest BCUT2D eigenvalue weighted by Crippen LogP contribution is -2.28. The minimum atomic E-state index is 0.451. The molecule has 0 amide bonds. The van der Waals surface area contributed by atoms with Crippen LogP contribution in [0.4, 0.5) is 0 Å². The van der Waals surface area contributed by atoms with Gasteiger partial charge in [0.25, 0.3) is 0 Å². The van der Waals surface area contributed by atoms with Crippen molar-refractivity contribution in [3.8, 4) is 0 Å². The van der Waals surface area contributed by atoms with Gasteiger partial charge < -0.3 is 4.90 Å². The summed E-state index contributed by atoms with van der Waals surface area (Å²) in [7, 11) is 2.18. The van der Waals surface area contributed by atoms with E-state index in [-0.39, 0.29) is 0 Å². The van der Waals surface area contributed by atoms with Crippen LogP contribution in [0.3, 0.4) is 0 Å². The summed E-state index contributed by atoms with van der Waals surface area (Å²) in [5.41, 5.74) is 2.68. The molecule has 2 rings (SSSR count). The van der Waals surface area contributed by atoms with E-state index in [1.54, 1.807) is 0 Å². The summed E-state index contributed by atoms with van der Waals surface area (Å²) in [5.74, 6) is 1.16. The fourth-order valence-corrected chi connectivity index (χ4v) is 2.69. The van der Waals surface area contributed by atoms with E-state index >= 15 is 0 Å². The van der Waals surface area contributed by atoms with Crippen LogP contribution in [0.5, 0.6) is 0 Å². The van der Waals surface area contributed by atoms with Crippen LogP contribution in [0, 0.1) is 12.8 Å². The molecule has 0 aromatic heterocycles. The fraction of sp³-hybridized carbons (Fsp3) is 0.562. The van der Waals surface area contributed by atoms with E-state index in [9.17, 15) is 4.79 Å². The van der Waals surface area contributed by atoms with Crippen LogP contribution in [0.15, 0.2) is 24.3 Å². The minimum Gasteiger partial charge on any atom is -0.302 e. The molecule has 1 aromatic rings. The molecule has 0 bridgehead atoms. The maximum atomic E-state index is 11.2. The molecule has 0 heterocycles. The Balaban J connectivity index is 1.79. The van der Waals surface area contributed by atoms with Gasteiger partial charge in [0.05, 0.1) is 0 Å². The summed E-state index contributed by atoms with van der Waals surface area (Å²) in [6.07, 6.45) is 3.75. The molecule has 1 saturated carbocycles. The highest BCUT2D eigenvalue weighted by molar-refractivity contribution is 5.79. The van der Waals surface area contributed by atoms with Crippen molar-refractivity contribution in [3.63, 3.8) is 0 Å². The van der Waals surface area contributed by atoms with Crippen LogP contribution in [0.2, 0.25) is 0 Å². The van der Waals surface area contributed by atoms with Gasteiger partial charge in [0.15, 0.2) is 0 Å². The Kier molecular flexibility index (Phi) is 4.54. The number of aryl methyl sites for hydroxylation is 1. The first kappa shape index (κ1) is 13.3. The van der Waals surface area contributed by atoms with Gasteiger partial charge in [0, 0.05) is 25.9 Å². The van der Waals surface area contributed by atoms with Gasteiger partial charge >= 0.3 is 0 Å². The number of carbonyl (C=O) groups is 1. The van der Waals surface area contributed by atoms with E-state index in [0.29, 0.717) is 11.7 Å². The topological polar surface area (TPSA) is 20.3 Å². The zero-order chi connectivity index (χ0) is 13.0. The molecule has 0 aliphatic heterocycles. The van der Waals surface area contributed by atoms with Crippen molar-refractivity contribution in [1.29, 1.82) is 0 Å². The Morgan fingerprint density at radius 3 is 2.39 bits per heavy atom. The summed E-state index contributed by atoms with van der Waals surface area (Å²) >= 11 is 0. The van der Waals surface area contributed by atoms with Crippen LogP contribution < -0.4 is 0 Å². The number of nitrogens with zero attached hydrogens (tertiary/aromatic N) is 1. The summed E-state index contributed by atoms with van der Waals surface area (Å²) in [4.78, 5) is 13.6. The number of Topliss-reactive ketones (excluding diaryl/α,β-unsaturated/α-hetero) is 1. The third kappa shape index (κ3) is 3.95. The molecule has 1 aliphatic carbocycles. The smallest absolute Gasteiger partial charge is 0.132 e. The second-order valence-electron chi connectivity index (χ2n) is 5.66. The lowest BCUT2D eigenvalue weighted by atomic mass is 9.88. The Morgan fingerprint density at radius 1 is 1.17 bits per heavy atom. The standard InChI is InChI=1S/C16H23NO/c1-13-3-5-14(6-4-13)11-17(2)12-15-7-9-16(18)10-8-15/h3-6,15H,7-12H2,1-2H3. The van der Waals surface area contributed by atoms with Crippen LogP contribution in [-0.2, 0) is 11.3 Å². The Bertz CT molecular complexity index is 386. The normalized spacial score (nSPS) is 17.4. The summed E-state index contributed by atoms with van der Waals surface area (Å²) in [5, 5.41) is 0. The SMILES string of the molecule is Cc1ccc(CN(C)CC2CCC(=O)CC2)cc1. The third-order valence-electron chi connectivity index (χ3n) is 3.81. The highest BCUT2D eigenvalue weighted by atomic mass is 16.1. The van der Waals surface area contributed by atoms with E-state index in [0.717, 1.165) is 38.8 Å². The maximum absolute atomic E-state index is 11.2. The molecule has 0 atom stereocenters. The molecule has 2 heteroatoms. The molecule has 0 radical (unpaired) electrons. The lowest BCUT2D eigenvalue weighted by molar-refractivity contribution is -0.121. The average Bonchev–Trinajstić information content (AvgIpc) is 2.35. The monoisotopic (exact) mass is 245 g/mol. The van der Waals surface area contributed by atoms with Crippen molar-refractivity contribution in [2.45, 2.75) is 39.2 Å². The predicted molar refractivity (Wildman–Crippen MR) is 74.5 cm³/mol. The molecule has 1 aliphatic rings. The van der Waals surface area contributed by atoms with E-state index in [2.05, 4.69) is 43.1 Å². The van der Waals surface area contributed by atoms with Gasteiger partial charge in [-0.3, -0.25) is 4.79 Å². The van der Waals surface area contributed by atoms with Gasteiger partial charge in [0.2, 0.25) is 0 Å². The molecule has 0 N–H and O–H groups in total. The van der Waals surface area contributed by atoms with Gasteiger partial charge in [-0.05, 0) is 38.3 Å². The van der Waals surface area contributed by atoms with Crippen molar-refractivity contribution in [2.24, 2.45) is 5.92 Å². The zero-order valence-corrected chi connectivity index (χ0v) is 11.5. The Morgan fingerprint density at radius 2 is 1.78 bits per heavy atom. The number of hydrogen-bond donors (Lipinski definition) is 0. The molecule has 18 heavy (non-hydrogen) atoms. The molecule has 0 spiro atoms. The first-order valence-corrected chi connectivity index (χ1v) is 6.89. The van der Waals surface area contributed by atoms with Gasteiger partial charge in [-0.1, -0.05) is 29.8 Å². The number of rotatable bonds is 4. The van der Waals surface area contributed by atoms with Gasteiger partial charge in [-0.15, -0.1) is 0 Å². The maximum Gasteiger partial charge on any atom is 0.132 e. The molecule has 98 valence electrons. The predicted octanol–water partition coefficient (Wildman–Crippen LogP) is 3.19. The van der Waals surface area contributed by atoms with Gasteiger partial charge in [0.1, 0.15) is 5.78 Å². The van der Waals surface area contributed by atoms with Gasteiger partial charge in [-0.2, -0.15) is 0 Å². The first-order valence-electron chi connectivity index (χ1n) is 6.89. The average molecular weight is 245 g/mol. The number of carbonyl (C=O) groups excluding carboxylic acids is 1. The number of benzene rings is 1. The highest BCUT2D eigenvalue weighted by Crippen LogP contribution is 2.22. The molecule has 0 unspecified atom stereocenters. The quantitative estimate of drug-likeness (QED) is 0.812. The molecule has 1 fully saturated rings. The molecule has 1 aromatic carbocycles. The summed E-state index contributed by atoms with van der Waals surface area (Å²) in [6.45, 7) is 4.23. The number of ketones is 1. The molecule has 2 nitrogen and oxygen atoms in total.